The number of aromatic nitrogens is 1. The van der Waals surface area contributed by atoms with E-state index in [1.807, 2.05) is 18.3 Å². The van der Waals surface area contributed by atoms with Gasteiger partial charge in [0.25, 0.3) is 0 Å². The number of hydrogen-bond acceptors (Lipinski definition) is 4. The van der Waals surface area contributed by atoms with Crippen molar-refractivity contribution in [2.75, 3.05) is 4.90 Å². The lowest BCUT2D eigenvalue weighted by Crippen LogP contribution is -2.09. The zero-order valence-electron chi connectivity index (χ0n) is 27.4. The van der Waals surface area contributed by atoms with E-state index >= 15 is 0 Å². The Morgan fingerprint density at radius 1 is 0.353 bits per heavy atom. The molecule has 0 fully saturated rings. The first kappa shape index (κ1) is 28.0. The molecule has 11 rings (SSSR count). The van der Waals surface area contributed by atoms with E-state index < -0.39 is 0 Å². The summed E-state index contributed by atoms with van der Waals surface area (Å²) in [5.74, 6) is 0. The third-order valence-corrected chi connectivity index (χ3v) is 10.2. The van der Waals surface area contributed by atoms with E-state index in [-0.39, 0.29) is 0 Å². The summed E-state index contributed by atoms with van der Waals surface area (Å²) in [6.45, 7) is 0. The van der Waals surface area contributed by atoms with Crippen LogP contribution in [0.5, 0.6) is 0 Å². The molecule has 0 atom stereocenters. The Bertz CT molecular complexity index is 3000. The molecule has 0 spiro atoms. The molecule has 238 valence electrons. The van der Waals surface area contributed by atoms with E-state index in [4.69, 9.17) is 13.8 Å². The Morgan fingerprint density at radius 3 is 1.39 bits per heavy atom. The van der Waals surface area contributed by atoms with E-state index in [2.05, 4.69) is 157 Å². The van der Waals surface area contributed by atoms with Gasteiger partial charge in [0.1, 0.15) is 22.3 Å². The first-order valence-corrected chi connectivity index (χ1v) is 17.2. The molecule has 0 saturated heterocycles. The largest absolute Gasteiger partial charge is 0.456 e. The van der Waals surface area contributed by atoms with Gasteiger partial charge >= 0.3 is 0 Å². The second-order valence-electron chi connectivity index (χ2n) is 13.3. The highest BCUT2D eigenvalue weighted by atomic mass is 16.3. The molecule has 0 radical (unpaired) electrons. The molecule has 0 saturated carbocycles. The fraction of sp³-hybridized carbons (Fsp3) is 0. The van der Waals surface area contributed by atoms with Gasteiger partial charge in [-0.2, -0.15) is 0 Å². The van der Waals surface area contributed by atoms with Crippen LogP contribution in [0.4, 0.5) is 17.1 Å². The second-order valence-corrected chi connectivity index (χ2v) is 13.3. The smallest absolute Gasteiger partial charge is 0.137 e. The molecular formula is C47H28N2O2. The Hall–Kier alpha value is -6.91. The normalized spacial score (nSPS) is 11.9. The van der Waals surface area contributed by atoms with Crippen molar-refractivity contribution >= 4 is 93.4 Å². The van der Waals surface area contributed by atoms with Crippen LogP contribution in [0.25, 0.3) is 87.5 Å². The summed E-state index contributed by atoms with van der Waals surface area (Å²) in [4.78, 5) is 6.98. The van der Waals surface area contributed by atoms with Crippen LogP contribution >= 0.6 is 0 Å². The molecule has 11 aromatic rings. The van der Waals surface area contributed by atoms with Crippen LogP contribution in [0.15, 0.2) is 179 Å². The molecule has 4 heteroatoms. The quantitative estimate of drug-likeness (QED) is 0.190. The van der Waals surface area contributed by atoms with Gasteiger partial charge in [0.15, 0.2) is 0 Å². The second kappa shape index (κ2) is 10.8. The number of fused-ring (bicyclic) bond motifs is 9. The molecule has 0 aliphatic rings. The van der Waals surface area contributed by atoms with Gasteiger partial charge in [-0.3, -0.25) is 4.98 Å². The van der Waals surface area contributed by atoms with Gasteiger partial charge in [0.2, 0.25) is 0 Å². The molecule has 0 aliphatic carbocycles. The molecule has 0 bridgehead atoms. The standard InChI is InChI=1S/C47H28N2O2/c1-3-9-32-24-44-41(22-30(32)7-1)39-19-17-37(26-46(39)50-44)49(36-15-13-29(14-16-36)35-21-34-11-5-6-12-43(34)48-28-35)38-18-20-40-42-23-31-8-2-4-10-33(31)25-45(42)51-47(40)27-38/h1-28H. The summed E-state index contributed by atoms with van der Waals surface area (Å²) in [5.41, 5.74) is 9.66. The fourth-order valence-corrected chi connectivity index (χ4v) is 7.66. The lowest BCUT2D eigenvalue weighted by Gasteiger charge is -2.25. The lowest BCUT2D eigenvalue weighted by molar-refractivity contribution is 0.669. The molecule has 0 unspecified atom stereocenters. The first-order valence-electron chi connectivity index (χ1n) is 17.2. The maximum absolute atomic E-state index is 6.53. The maximum atomic E-state index is 6.53. The average molecular weight is 653 g/mol. The van der Waals surface area contributed by atoms with Crippen LogP contribution in [-0.4, -0.2) is 4.98 Å². The number of rotatable bonds is 4. The SMILES string of the molecule is c1ccc2cc3c(cc2c1)oc1cc(N(c2ccc(-c4cnc5ccccc5c4)cc2)c2ccc4c(c2)oc2cc5ccccc5cc24)ccc13. The number of nitrogens with zero attached hydrogens (tertiary/aromatic N) is 2. The van der Waals surface area contributed by atoms with Crippen molar-refractivity contribution in [3.8, 4) is 11.1 Å². The molecule has 4 nitrogen and oxygen atoms in total. The van der Waals surface area contributed by atoms with Crippen molar-refractivity contribution in [3.63, 3.8) is 0 Å². The van der Waals surface area contributed by atoms with Crippen LogP contribution < -0.4 is 4.90 Å². The van der Waals surface area contributed by atoms with Crippen LogP contribution in [-0.2, 0) is 0 Å². The molecule has 0 N–H and O–H groups in total. The van der Waals surface area contributed by atoms with Crippen molar-refractivity contribution in [2.24, 2.45) is 0 Å². The zero-order chi connectivity index (χ0) is 33.5. The molecule has 3 heterocycles. The van der Waals surface area contributed by atoms with E-state index in [1.54, 1.807) is 0 Å². The number of anilines is 3. The van der Waals surface area contributed by atoms with Crippen LogP contribution in [0, 0.1) is 0 Å². The highest BCUT2D eigenvalue weighted by Gasteiger charge is 2.18. The summed E-state index contributed by atoms with van der Waals surface area (Å²) >= 11 is 0. The molecule has 8 aromatic carbocycles. The van der Waals surface area contributed by atoms with E-state index in [9.17, 15) is 0 Å². The highest BCUT2D eigenvalue weighted by molar-refractivity contribution is 6.12. The lowest BCUT2D eigenvalue weighted by atomic mass is 10.0. The van der Waals surface area contributed by atoms with Crippen molar-refractivity contribution in [3.05, 3.63) is 170 Å². The number of furan rings is 2. The summed E-state index contributed by atoms with van der Waals surface area (Å²) in [6, 6.07) is 57.7. The molecular weight excluding hydrogens is 625 g/mol. The predicted molar refractivity (Wildman–Crippen MR) is 211 cm³/mol. The number of pyridine rings is 1. The highest BCUT2D eigenvalue weighted by Crippen LogP contribution is 2.42. The maximum Gasteiger partial charge on any atom is 0.137 e. The Balaban J connectivity index is 1.07. The van der Waals surface area contributed by atoms with Gasteiger partial charge in [-0.05, 0) is 99.9 Å². The number of benzene rings is 8. The minimum atomic E-state index is 0.846. The van der Waals surface area contributed by atoms with E-state index in [0.29, 0.717) is 0 Å². The van der Waals surface area contributed by atoms with Gasteiger partial charge in [0, 0.05) is 67.9 Å². The summed E-state index contributed by atoms with van der Waals surface area (Å²) in [6.07, 6.45) is 1.95. The van der Waals surface area contributed by atoms with Gasteiger partial charge in [-0.1, -0.05) is 78.9 Å². The van der Waals surface area contributed by atoms with Crippen molar-refractivity contribution in [1.29, 1.82) is 0 Å². The van der Waals surface area contributed by atoms with E-state index in [0.717, 1.165) is 83.0 Å². The topological polar surface area (TPSA) is 42.4 Å². The first-order chi connectivity index (χ1) is 25.2. The Morgan fingerprint density at radius 2 is 0.824 bits per heavy atom. The van der Waals surface area contributed by atoms with Crippen LogP contribution in [0.3, 0.4) is 0 Å². The van der Waals surface area contributed by atoms with Crippen molar-refractivity contribution in [1.82, 2.24) is 4.98 Å². The molecule has 0 aliphatic heterocycles. The van der Waals surface area contributed by atoms with Gasteiger partial charge in [0.05, 0.1) is 5.52 Å². The summed E-state index contributed by atoms with van der Waals surface area (Å²) < 4.78 is 13.1. The number of hydrogen-bond donors (Lipinski definition) is 0. The van der Waals surface area contributed by atoms with Gasteiger partial charge in [-0.25, -0.2) is 0 Å². The zero-order valence-corrected chi connectivity index (χ0v) is 27.4. The Labute approximate surface area is 292 Å². The fourth-order valence-electron chi connectivity index (χ4n) is 7.66. The number of para-hydroxylation sites is 1. The third kappa shape index (κ3) is 4.50. The van der Waals surface area contributed by atoms with Gasteiger partial charge in [-0.15, -0.1) is 0 Å². The summed E-state index contributed by atoms with van der Waals surface area (Å²) in [5, 5.41) is 10.3. The summed E-state index contributed by atoms with van der Waals surface area (Å²) in [7, 11) is 0. The van der Waals surface area contributed by atoms with Crippen LogP contribution in [0.2, 0.25) is 0 Å². The monoisotopic (exact) mass is 652 g/mol. The van der Waals surface area contributed by atoms with Crippen molar-refractivity contribution in [2.45, 2.75) is 0 Å². The minimum Gasteiger partial charge on any atom is -0.456 e. The molecule has 3 aromatic heterocycles. The molecule has 0 amide bonds. The Kier molecular flexibility index (Phi) is 5.92. The van der Waals surface area contributed by atoms with Gasteiger partial charge < -0.3 is 13.7 Å². The minimum absolute atomic E-state index is 0.846. The third-order valence-electron chi connectivity index (χ3n) is 10.2. The molecule has 51 heavy (non-hydrogen) atoms. The van der Waals surface area contributed by atoms with Crippen LogP contribution in [0.1, 0.15) is 0 Å². The van der Waals surface area contributed by atoms with Crippen molar-refractivity contribution < 1.29 is 8.83 Å². The van der Waals surface area contributed by atoms with E-state index in [1.165, 1.54) is 21.5 Å². The average Bonchev–Trinajstić information content (AvgIpc) is 3.72. The predicted octanol–water partition coefficient (Wildman–Crippen LogP) is 13.5.